The second-order valence-electron chi connectivity index (χ2n) is 3.81. The summed E-state index contributed by atoms with van der Waals surface area (Å²) in [5.74, 6) is -1.03. The molecule has 1 aromatic carbocycles. The first-order valence-electron chi connectivity index (χ1n) is 5.88. The topological polar surface area (TPSA) is 50.1 Å². The normalized spacial score (nSPS) is 11.5. The molecule has 1 unspecified atom stereocenters. The standard InChI is InChI=1S/C14H17NO2/c1-2-17-14(16)13(11-15)10-6-9-12-7-4-3-5-8-12/h3-5,7-8,13H,2,6,9-10H2,1H3. The van der Waals surface area contributed by atoms with Gasteiger partial charge in [-0.05, 0) is 31.7 Å². The van der Waals surface area contributed by atoms with Gasteiger partial charge in [-0.25, -0.2) is 0 Å². The smallest absolute Gasteiger partial charge is 0.323 e. The van der Waals surface area contributed by atoms with Crippen LogP contribution in [0.2, 0.25) is 0 Å². The zero-order chi connectivity index (χ0) is 12.5. The number of carbonyl (C=O) groups is 1. The van der Waals surface area contributed by atoms with E-state index in [1.807, 2.05) is 36.4 Å². The lowest BCUT2D eigenvalue weighted by Gasteiger charge is -2.07. The van der Waals surface area contributed by atoms with Crippen molar-refractivity contribution in [3.8, 4) is 6.07 Å². The highest BCUT2D eigenvalue weighted by atomic mass is 16.5. The Bertz CT molecular complexity index is 381. The molecule has 0 spiro atoms. The van der Waals surface area contributed by atoms with Crippen LogP contribution in [-0.4, -0.2) is 12.6 Å². The van der Waals surface area contributed by atoms with Crippen molar-refractivity contribution in [2.45, 2.75) is 26.2 Å². The van der Waals surface area contributed by atoms with Gasteiger partial charge in [-0.2, -0.15) is 5.26 Å². The first kappa shape index (κ1) is 13.2. The van der Waals surface area contributed by atoms with Crippen molar-refractivity contribution in [1.29, 1.82) is 5.26 Å². The highest BCUT2D eigenvalue weighted by Crippen LogP contribution is 2.11. The average Bonchev–Trinajstić information content (AvgIpc) is 2.36. The van der Waals surface area contributed by atoms with Gasteiger partial charge in [-0.3, -0.25) is 4.79 Å². The molecule has 0 amide bonds. The molecule has 3 nitrogen and oxygen atoms in total. The molecule has 0 aliphatic carbocycles. The fourth-order valence-electron chi connectivity index (χ4n) is 1.63. The summed E-state index contributed by atoms with van der Waals surface area (Å²) in [6, 6.07) is 12.0. The third-order valence-electron chi connectivity index (χ3n) is 2.53. The van der Waals surface area contributed by atoms with E-state index in [9.17, 15) is 4.79 Å². The summed E-state index contributed by atoms with van der Waals surface area (Å²) in [5.41, 5.74) is 1.23. The number of esters is 1. The van der Waals surface area contributed by atoms with Crippen molar-refractivity contribution in [3.05, 3.63) is 35.9 Å². The van der Waals surface area contributed by atoms with Crippen LogP contribution in [0.3, 0.4) is 0 Å². The van der Waals surface area contributed by atoms with Crippen molar-refractivity contribution >= 4 is 5.97 Å². The maximum Gasteiger partial charge on any atom is 0.323 e. The average molecular weight is 231 g/mol. The van der Waals surface area contributed by atoms with E-state index in [0.717, 1.165) is 12.8 Å². The lowest BCUT2D eigenvalue weighted by molar-refractivity contribution is -0.146. The summed E-state index contributed by atoms with van der Waals surface area (Å²) in [6.07, 6.45) is 2.27. The summed E-state index contributed by atoms with van der Waals surface area (Å²) >= 11 is 0. The van der Waals surface area contributed by atoms with E-state index >= 15 is 0 Å². The number of carbonyl (C=O) groups excluding carboxylic acids is 1. The molecule has 0 N–H and O–H groups in total. The zero-order valence-corrected chi connectivity index (χ0v) is 10.1. The van der Waals surface area contributed by atoms with Crippen LogP contribution in [0.15, 0.2) is 30.3 Å². The van der Waals surface area contributed by atoms with Gasteiger partial charge in [0.05, 0.1) is 12.7 Å². The molecule has 1 aromatic rings. The number of hydrogen-bond acceptors (Lipinski definition) is 3. The van der Waals surface area contributed by atoms with E-state index in [2.05, 4.69) is 0 Å². The number of nitriles is 1. The van der Waals surface area contributed by atoms with Crippen LogP contribution in [0.1, 0.15) is 25.3 Å². The second kappa shape index (κ2) is 7.45. The first-order chi connectivity index (χ1) is 8.27. The molecule has 0 radical (unpaired) electrons. The van der Waals surface area contributed by atoms with Crippen molar-refractivity contribution in [3.63, 3.8) is 0 Å². The molecule has 0 heterocycles. The minimum absolute atomic E-state index is 0.329. The maximum absolute atomic E-state index is 11.4. The number of benzene rings is 1. The fourth-order valence-corrected chi connectivity index (χ4v) is 1.63. The Kier molecular flexibility index (Phi) is 5.81. The highest BCUT2D eigenvalue weighted by Gasteiger charge is 2.18. The predicted octanol–water partition coefficient (Wildman–Crippen LogP) is 2.71. The van der Waals surface area contributed by atoms with Crippen LogP contribution < -0.4 is 0 Å². The Hall–Kier alpha value is -1.82. The Morgan fingerprint density at radius 1 is 1.41 bits per heavy atom. The molecule has 1 rings (SSSR count). The van der Waals surface area contributed by atoms with Crippen LogP contribution in [0.25, 0.3) is 0 Å². The summed E-state index contributed by atoms with van der Waals surface area (Å²) < 4.78 is 4.84. The summed E-state index contributed by atoms with van der Waals surface area (Å²) in [5, 5.41) is 8.87. The SMILES string of the molecule is CCOC(=O)C(C#N)CCCc1ccccc1. The van der Waals surface area contributed by atoms with E-state index < -0.39 is 11.9 Å². The van der Waals surface area contributed by atoms with Gasteiger partial charge < -0.3 is 4.74 Å². The third kappa shape index (κ3) is 4.69. The third-order valence-corrected chi connectivity index (χ3v) is 2.53. The van der Waals surface area contributed by atoms with Gasteiger partial charge in [0.15, 0.2) is 0 Å². The van der Waals surface area contributed by atoms with Crippen molar-refractivity contribution in [1.82, 2.24) is 0 Å². The van der Waals surface area contributed by atoms with E-state index in [1.54, 1.807) is 6.92 Å². The van der Waals surface area contributed by atoms with Crippen molar-refractivity contribution < 1.29 is 9.53 Å². The van der Waals surface area contributed by atoms with Crippen molar-refractivity contribution in [2.24, 2.45) is 5.92 Å². The Morgan fingerprint density at radius 3 is 2.71 bits per heavy atom. The van der Waals surface area contributed by atoms with Gasteiger partial charge in [0.1, 0.15) is 5.92 Å². The van der Waals surface area contributed by atoms with Gasteiger partial charge in [0, 0.05) is 0 Å². The molecule has 0 saturated heterocycles. The molecule has 0 aromatic heterocycles. The Morgan fingerprint density at radius 2 is 2.12 bits per heavy atom. The number of hydrogen-bond donors (Lipinski definition) is 0. The van der Waals surface area contributed by atoms with E-state index in [1.165, 1.54) is 5.56 Å². The summed E-state index contributed by atoms with van der Waals surface area (Å²) in [6.45, 7) is 2.08. The number of rotatable bonds is 6. The molecular weight excluding hydrogens is 214 g/mol. The van der Waals surface area contributed by atoms with Crippen molar-refractivity contribution in [2.75, 3.05) is 6.61 Å². The number of nitrogens with zero attached hydrogens (tertiary/aromatic N) is 1. The molecule has 1 atom stereocenters. The number of aryl methyl sites for hydroxylation is 1. The van der Waals surface area contributed by atoms with Crippen LogP contribution >= 0.6 is 0 Å². The quantitative estimate of drug-likeness (QED) is 0.707. The molecule has 17 heavy (non-hydrogen) atoms. The van der Waals surface area contributed by atoms with Crippen LogP contribution in [0, 0.1) is 17.2 Å². The molecule has 90 valence electrons. The lowest BCUT2D eigenvalue weighted by atomic mass is 10.0. The first-order valence-corrected chi connectivity index (χ1v) is 5.88. The Balaban J connectivity index is 2.34. The largest absolute Gasteiger partial charge is 0.465 e. The van der Waals surface area contributed by atoms with Gasteiger partial charge in [-0.1, -0.05) is 30.3 Å². The van der Waals surface area contributed by atoms with Gasteiger partial charge in [-0.15, -0.1) is 0 Å². The monoisotopic (exact) mass is 231 g/mol. The Labute approximate surface area is 102 Å². The lowest BCUT2D eigenvalue weighted by Crippen LogP contribution is -2.16. The highest BCUT2D eigenvalue weighted by molar-refractivity contribution is 5.75. The minimum atomic E-state index is -0.626. The second-order valence-corrected chi connectivity index (χ2v) is 3.81. The fraction of sp³-hybridized carbons (Fsp3) is 0.429. The predicted molar refractivity (Wildman–Crippen MR) is 65.1 cm³/mol. The zero-order valence-electron chi connectivity index (χ0n) is 10.1. The van der Waals surface area contributed by atoms with Crippen LogP contribution in [0.5, 0.6) is 0 Å². The van der Waals surface area contributed by atoms with Crippen LogP contribution in [0.4, 0.5) is 0 Å². The molecule has 0 aliphatic rings. The van der Waals surface area contributed by atoms with Gasteiger partial charge in [0.25, 0.3) is 0 Å². The molecule has 0 aliphatic heterocycles. The molecular formula is C14H17NO2. The van der Waals surface area contributed by atoms with E-state index in [-0.39, 0.29) is 0 Å². The summed E-state index contributed by atoms with van der Waals surface area (Å²) in [4.78, 5) is 11.4. The molecule has 0 bridgehead atoms. The van der Waals surface area contributed by atoms with Gasteiger partial charge >= 0.3 is 5.97 Å². The molecule has 0 fully saturated rings. The molecule has 0 saturated carbocycles. The van der Waals surface area contributed by atoms with E-state index in [0.29, 0.717) is 13.0 Å². The maximum atomic E-state index is 11.4. The van der Waals surface area contributed by atoms with Crippen LogP contribution in [-0.2, 0) is 16.0 Å². The van der Waals surface area contributed by atoms with Gasteiger partial charge in [0.2, 0.25) is 0 Å². The number of ether oxygens (including phenoxy) is 1. The summed E-state index contributed by atoms with van der Waals surface area (Å²) in [7, 11) is 0. The van der Waals surface area contributed by atoms with E-state index in [4.69, 9.17) is 10.00 Å². The minimum Gasteiger partial charge on any atom is -0.465 e. The molecule has 3 heteroatoms.